The van der Waals surface area contributed by atoms with Crippen LogP contribution < -0.4 is 14.9 Å². The van der Waals surface area contributed by atoms with Gasteiger partial charge in [0.2, 0.25) is 5.91 Å². The van der Waals surface area contributed by atoms with E-state index in [-0.39, 0.29) is 28.0 Å². The maximum Gasteiger partial charge on any atom is 0.306 e. The third-order valence-corrected chi connectivity index (χ3v) is 5.48. The van der Waals surface area contributed by atoms with Crippen LogP contribution in [0.4, 0.5) is 5.69 Å². The summed E-state index contributed by atoms with van der Waals surface area (Å²) in [5.41, 5.74) is 0.481. The zero-order valence-corrected chi connectivity index (χ0v) is 12.8. The highest BCUT2D eigenvalue weighted by Gasteiger charge is 2.21. The number of aromatic amines is 1. The molecule has 0 saturated heterocycles. The Balaban J connectivity index is 2.20. The normalized spacial score (nSPS) is 11.3. The smallest absolute Gasteiger partial charge is 0.306 e. The topological polar surface area (TPSA) is 126 Å². The van der Waals surface area contributed by atoms with E-state index in [0.717, 1.165) is 0 Å². The first-order chi connectivity index (χ1) is 9.81. The number of carbonyl (C=O) groups excluding carboxylic acids is 1. The molecule has 0 unspecified atom stereocenters. The number of rotatable bonds is 5. The molecule has 21 heavy (non-hydrogen) atoms. The Hall–Kier alpha value is -2.14. The van der Waals surface area contributed by atoms with Crippen LogP contribution in [-0.2, 0) is 21.4 Å². The standard InChI is InChI=1S/C10H13N5O4S2/c1-6-9(20-10(17)13-6)21(18,19)14-7-3-12-15(4-7)5-8(16)11-2/h3-4,14H,5H2,1-2H3,(H,11,16)(H,13,17). The number of hydrogen-bond donors (Lipinski definition) is 3. The second-order valence-corrected chi connectivity index (χ2v) is 6.99. The lowest BCUT2D eigenvalue weighted by Gasteiger charge is -2.03. The summed E-state index contributed by atoms with van der Waals surface area (Å²) in [5.74, 6) is -0.257. The molecule has 0 bridgehead atoms. The van der Waals surface area contributed by atoms with Crippen LogP contribution in [0, 0.1) is 6.92 Å². The summed E-state index contributed by atoms with van der Waals surface area (Å²) >= 11 is 0.609. The van der Waals surface area contributed by atoms with Crippen molar-refractivity contribution in [1.82, 2.24) is 20.1 Å². The molecule has 3 N–H and O–H groups in total. The van der Waals surface area contributed by atoms with E-state index < -0.39 is 14.9 Å². The Labute approximate surface area is 124 Å². The molecule has 9 nitrogen and oxygen atoms in total. The molecule has 114 valence electrons. The summed E-state index contributed by atoms with van der Waals surface area (Å²) in [5, 5.41) is 6.30. The number of amides is 1. The number of hydrogen-bond acceptors (Lipinski definition) is 6. The van der Waals surface area contributed by atoms with Gasteiger partial charge in [-0.25, -0.2) is 8.42 Å². The molecule has 0 fully saturated rings. The van der Waals surface area contributed by atoms with Crippen LogP contribution in [0.3, 0.4) is 0 Å². The van der Waals surface area contributed by atoms with Crippen LogP contribution in [0.1, 0.15) is 5.69 Å². The van der Waals surface area contributed by atoms with Gasteiger partial charge in [-0.3, -0.25) is 19.0 Å². The van der Waals surface area contributed by atoms with Gasteiger partial charge in [-0.05, 0) is 6.92 Å². The van der Waals surface area contributed by atoms with Crippen molar-refractivity contribution >= 4 is 33.0 Å². The van der Waals surface area contributed by atoms with Crippen molar-refractivity contribution in [1.29, 1.82) is 0 Å². The Kier molecular flexibility index (Phi) is 4.14. The molecule has 0 aliphatic rings. The Morgan fingerprint density at radius 3 is 2.81 bits per heavy atom. The fraction of sp³-hybridized carbons (Fsp3) is 0.300. The Morgan fingerprint density at radius 2 is 2.24 bits per heavy atom. The second kappa shape index (κ2) is 5.69. The zero-order chi connectivity index (χ0) is 15.6. The van der Waals surface area contributed by atoms with E-state index >= 15 is 0 Å². The third kappa shape index (κ3) is 3.49. The van der Waals surface area contributed by atoms with Gasteiger partial charge >= 0.3 is 4.87 Å². The van der Waals surface area contributed by atoms with Crippen LogP contribution in [0.2, 0.25) is 0 Å². The maximum absolute atomic E-state index is 12.1. The van der Waals surface area contributed by atoms with Crippen molar-refractivity contribution in [2.45, 2.75) is 17.7 Å². The van der Waals surface area contributed by atoms with Gasteiger partial charge in [-0.2, -0.15) is 5.10 Å². The number of thiazole rings is 1. The number of sulfonamides is 1. The highest BCUT2D eigenvalue weighted by atomic mass is 32.2. The first-order valence-corrected chi connectivity index (χ1v) is 8.07. The predicted molar refractivity (Wildman–Crippen MR) is 76.8 cm³/mol. The minimum absolute atomic E-state index is 0.0191. The van der Waals surface area contributed by atoms with Crippen molar-refractivity contribution in [2.24, 2.45) is 0 Å². The van der Waals surface area contributed by atoms with Gasteiger partial charge in [0.1, 0.15) is 6.54 Å². The molecule has 0 spiro atoms. The highest BCUT2D eigenvalue weighted by Crippen LogP contribution is 2.19. The summed E-state index contributed by atoms with van der Waals surface area (Å²) in [4.78, 5) is 24.3. The first-order valence-electron chi connectivity index (χ1n) is 5.77. The molecule has 2 heterocycles. The summed E-state index contributed by atoms with van der Waals surface area (Å²) in [6, 6.07) is 0. The molecule has 1 amide bonds. The lowest BCUT2D eigenvalue weighted by molar-refractivity contribution is -0.121. The predicted octanol–water partition coefficient (Wildman–Crippen LogP) is -0.512. The molecule has 0 radical (unpaired) electrons. The van der Waals surface area contributed by atoms with E-state index in [9.17, 15) is 18.0 Å². The van der Waals surface area contributed by atoms with Crippen molar-refractivity contribution < 1.29 is 13.2 Å². The number of H-pyrrole nitrogens is 1. The summed E-state index contributed by atoms with van der Waals surface area (Å²) in [6.07, 6.45) is 2.67. The minimum atomic E-state index is -3.86. The molecule has 11 heteroatoms. The molecule has 2 aromatic rings. The molecule has 2 aromatic heterocycles. The van der Waals surface area contributed by atoms with Crippen molar-refractivity contribution in [3.8, 4) is 0 Å². The van der Waals surface area contributed by atoms with Gasteiger partial charge < -0.3 is 10.3 Å². The van der Waals surface area contributed by atoms with E-state index in [2.05, 4.69) is 20.1 Å². The molecule has 0 atom stereocenters. The van der Waals surface area contributed by atoms with Crippen LogP contribution >= 0.6 is 11.3 Å². The van der Waals surface area contributed by atoms with Gasteiger partial charge in [-0.15, -0.1) is 0 Å². The summed E-state index contributed by atoms with van der Waals surface area (Å²) in [7, 11) is -2.37. The number of nitrogens with one attached hydrogen (secondary N) is 3. The minimum Gasteiger partial charge on any atom is -0.358 e. The van der Waals surface area contributed by atoms with Crippen LogP contribution in [0.25, 0.3) is 0 Å². The fourth-order valence-electron chi connectivity index (χ4n) is 1.58. The average molecular weight is 331 g/mol. The number of aromatic nitrogens is 3. The molecule has 0 saturated carbocycles. The van der Waals surface area contributed by atoms with Crippen molar-refractivity contribution in [2.75, 3.05) is 11.8 Å². The van der Waals surface area contributed by atoms with E-state index in [1.165, 1.54) is 31.0 Å². The van der Waals surface area contributed by atoms with Gasteiger partial charge in [0.05, 0.1) is 11.9 Å². The largest absolute Gasteiger partial charge is 0.358 e. The third-order valence-electron chi connectivity index (χ3n) is 2.50. The molecule has 0 aromatic carbocycles. The van der Waals surface area contributed by atoms with E-state index in [1.54, 1.807) is 0 Å². The molecular formula is C10H13N5O4S2. The van der Waals surface area contributed by atoms with Gasteiger partial charge in [0.15, 0.2) is 4.21 Å². The second-order valence-electron chi connectivity index (χ2n) is 4.13. The number of aryl methyl sites for hydroxylation is 1. The van der Waals surface area contributed by atoms with E-state index in [1.807, 2.05) is 0 Å². The van der Waals surface area contributed by atoms with Crippen LogP contribution in [0.5, 0.6) is 0 Å². The lowest BCUT2D eigenvalue weighted by Crippen LogP contribution is -2.23. The number of carbonyl (C=O) groups is 1. The summed E-state index contributed by atoms with van der Waals surface area (Å²) < 4.78 is 27.8. The maximum atomic E-state index is 12.1. The molecule has 0 aliphatic heterocycles. The van der Waals surface area contributed by atoms with E-state index in [0.29, 0.717) is 11.3 Å². The van der Waals surface area contributed by atoms with Crippen LogP contribution in [-0.4, -0.2) is 36.1 Å². The Bertz CT molecular complexity index is 817. The molecule has 2 rings (SSSR count). The summed E-state index contributed by atoms with van der Waals surface area (Å²) in [6.45, 7) is 1.48. The van der Waals surface area contributed by atoms with Gasteiger partial charge in [-0.1, -0.05) is 11.3 Å². The molecular weight excluding hydrogens is 318 g/mol. The average Bonchev–Trinajstić information content (AvgIpc) is 2.95. The monoisotopic (exact) mass is 331 g/mol. The fourth-order valence-corrected chi connectivity index (χ4v) is 3.91. The number of likely N-dealkylation sites (N-methyl/N-ethyl adjacent to an activating group) is 1. The van der Waals surface area contributed by atoms with Crippen molar-refractivity contribution in [3.63, 3.8) is 0 Å². The number of anilines is 1. The quantitative estimate of drug-likeness (QED) is 0.680. The highest BCUT2D eigenvalue weighted by molar-refractivity contribution is 7.94. The SMILES string of the molecule is CNC(=O)Cn1cc(NS(=O)(=O)c2sc(=O)[nH]c2C)cn1. The van der Waals surface area contributed by atoms with Crippen molar-refractivity contribution in [3.05, 3.63) is 27.8 Å². The van der Waals surface area contributed by atoms with Gasteiger partial charge in [0.25, 0.3) is 10.0 Å². The molecule has 0 aliphatic carbocycles. The van der Waals surface area contributed by atoms with Gasteiger partial charge in [0, 0.05) is 18.9 Å². The van der Waals surface area contributed by atoms with E-state index in [4.69, 9.17) is 0 Å². The van der Waals surface area contributed by atoms with Crippen LogP contribution in [0.15, 0.2) is 21.4 Å². The lowest BCUT2D eigenvalue weighted by atomic mass is 10.6. The first kappa shape index (κ1) is 15.3. The zero-order valence-electron chi connectivity index (χ0n) is 11.2. The number of nitrogens with zero attached hydrogens (tertiary/aromatic N) is 2. The Morgan fingerprint density at radius 1 is 1.52 bits per heavy atom.